The van der Waals surface area contributed by atoms with E-state index in [2.05, 4.69) is 0 Å². The molecule has 1 fully saturated rings. The van der Waals surface area contributed by atoms with E-state index in [1.807, 2.05) is 0 Å². The Morgan fingerprint density at radius 2 is 1.67 bits per heavy atom. The maximum absolute atomic E-state index is 12.1. The second-order valence-electron chi connectivity index (χ2n) is 4.99. The van der Waals surface area contributed by atoms with Gasteiger partial charge in [0.1, 0.15) is 6.10 Å². The van der Waals surface area contributed by atoms with Gasteiger partial charge in [0.25, 0.3) is 0 Å². The first-order valence-corrected chi connectivity index (χ1v) is 4.88. The van der Waals surface area contributed by atoms with Gasteiger partial charge < -0.3 is 4.74 Å². The van der Waals surface area contributed by atoms with Crippen LogP contribution in [0.15, 0.2) is 0 Å². The van der Waals surface area contributed by atoms with Crippen LogP contribution in [0.3, 0.4) is 0 Å². The molecule has 0 spiro atoms. The molecule has 0 saturated heterocycles. The Morgan fingerprint density at radius 1 is 1.20 bits per heavy atom. The number of hydrogen-bond donors (Lipinski definition) is 0. The van der Waals surface area contributed by atoms with Crippen molar-refractivity contribution in [3.63, 3.8) is 0 Å². The fraction of sp³-hybridized carbons (Fsp3) is 0.900. The molecule has 1 rings (SSSR count). The van der Waals surface area contributed by atoms with E-state index in [0.29, 0.717) is 0 Å². The van der Waals surface area contributed by atoms with Crippen molar-refractivity contribution in [2.75, 3.05) is 0 Å². The van der Waals surface area contributed by atoms with Crippen molar-refractivity contribution in [1.82, 2.24) is 0 Å². The number of rotatable bonds is 1. The normalized spacial score (nSPS) is 27.1. The van der Waals surface area contributed by atoms with Gasteiger partial charge in [-0.2, -0.15) is 13.2 Å². The number of halogens is 3. The lowest BCUT2D eigenvalue weighted by Gasteiger charge is -2.37. The predicted octanol–water partition coefficient (Wildman–Crippen LogP) is 2.92. The molecule has 1 saturated carbocycles. The van der Waals surface area contributed by atoms with Crippen LogP contribution in [0.4, 0.5) is 13.2 Å². The summed E-state index contributed by atoms with van der Waals surface area (Å²) >= 11 is 0. The summed E-state index contributed by atoms with van der Waals surface area (Å²) in [7, 11) is 0. The second-order valence-corrected chi connectivity index (χ2v) is 4.99. The average molecular weight is 224 g/mol. The second kappa shape index (κ2) is 3.68. The Morgan fingerprint density at radius 3 is 2.00 bits per heavy atom. The third-order valence-electron chi connectivity index (χ3n) is 2.44. The van der Waals surface area contributed by atoms with E-state index in [9.17, 15) is 18.0 Å². The molecule has 0 aliphatic heterocycles. The fourth-order valence-electron chi connectivity index (χ4n) is 1.26. The van der Waals surface area contributed by atoms with Gasteiger partial charge in [-0.15, -0.1) is 0 Å². The molecule has 5 heteroatoms. The van der Waals surface area contributed by atoms with Gasteiger partial charge >= 0.3 is 12.1 Å². The van der Waals surface area contributed by atoms with Crippen LogP contribution >= 0.6 is 0 Å². The topological polar surface area (TPSA) is 26.3 Å². The van der Waals surface area contributed by atoms with E-state index in [1.54, 1.807) is 20.8 Å². The summed E-state index contributed by atoms with van der Waals surface area (Å²) in [5.41, 5.74) is -0.649. The highest BCUT2D eigenvalue weighted by molar-refractivity contribution is 5.75. The van der Waals surface area contributed by atoms with Crippen LogP contribution in [-0.2, 0) is 9.53 Å². The van der Waals surface area contributed by atoms with Crippen molar-refractivity contribution in [3.05, 3.63) is 0 Å². The van der Waals surface area contributed by atoms with Gasteiger partial charge in [-0.25, -0.2) is 0 Å². The lowest BCUT2D eigenvalue weighted by Crippen LogP contribution is -2.42. The van der Waals surface area contributed by atoms with Gasteiger partial charge in [0, 0.05) is 0 Å². The maximum atomic E-state index is 12.1. The molecule has 15 heavy (non-hydrogen) atoms. The number of hydrogen-bond acceptors (Lipinski definition) is 2. The highest BCUT2D eigenvalue weighted by Crippen LogP contribution is 2.42. The minimum Gasteiger partial charge on any atom is -0.462 e. The minimum atomic E-state index is -4.15. The predicted molar refractivity (Wildman–Crippen MR) is 48.1 cm³/mol. The van der Waals surface area contributed by atoms with Crippen molar-refractivity contribution in [1.29, 1.82) is 0 Å². The van der Waals surface area contributed by atoms with E-state index in [1.165, 1.54) is 0 Å². The standard InChI is InChI=1S/C10H15F3O2/c1-9(2,3)8(14)15-7-4-6(5-7)10(11,12)13/h6-7H,4-5H2,1-3H3. The highest BCUT2D eigenvalue weighted by Gasteiger charge is 2.49. The van der Waals surface area contributed by atoms with Crippen molar-refractivity contribution >= 4 is 5.97 Å². The summed E-state index contributed by atoms with van der Waals surface area (Å²) in [6.45, 7) is 5.03. The molecule has 0 aromatic carbocycles. The lowest BCUT2D eigenvalue weighted by molar-refractivity contribution is -0.222. The molecule has 0 unspecified atom stereocenters. The lowest BCUT2D eigenvalue weighted by atomic mass is 9.81. The first-order chi connectivity index (χ1) is 6.60. The number of ether oxygens (including phenoxy) is 1. The summed E-state index contributed by atoms with van der Waals surface area (Å²) in [6, 6.07) is 0. The van der Waals surface area contributed by atoms with Gasteiger partial charge in [-0.3, -0.25) is 4.79 Å². The van der Waals surface area contributed by atoms with Crippen LogP contribution in [0.25, 0.3) is 0 Å². The highest BCUT2D eigenvalue weighted by atomic mass is 19.4. The zero-order chi connectivity index (χ0) is 11.9. The molecule has 1 aliphatic rings. The Balaban J connectivity index is 2.33. The van der Waals surface area contributed by atoms with E-state index < -0.39 is 29.6 Å². The smallest absolute Gasteiger partial charge is 0.392 e. The minimum absolute atomic E-state index is 0.0919. The molecular weight excluding hydrogens is 209 g/mol. The van der Waals surface area contributed by atoms with Crippen LogP contribution in [0.5, 0.6) is 0 Å². The van der Waals surface area contributed by atoms with Gasteiger partial charge in [-0.05, 0) is 33.6 Å². The molecule has 88 valence electrons. The molecule has 1 aliphatic carbocycles. The van der Waals surface area contributed by atoms with Gasteiger partial charge in [0.05, 0.1) is 11.3 Å². The maximum Gasteiger partial charge on any atom is 0.392 e. The summed E-state index contributed by atoms with van der Waals surface area (Å²) in [4.78, 5) is 11.3. The quantitative estimate of drug-likeness (QED) is 0.640. The summed E-state index contributed by atoms with van der Waals surface area (Å²) in [5, 5.41) is 0. The molecule has 0 amide bonds. The van der Waals surface area contributed by atoms with Gasteiger partial charge in [0.2, 0.25) is 0 Å². The first kappa shape index (κ1) is 12.3. The van der Waals surface area contributed by atoms with Gasteiger partial charge in [-0.1, -0.05) is 0 Å². The zero-order valence-electron chi connectivity index (χ0n) is 9.02. The van der Waals surface area contributed by atoms with E-state index >= 15 is 0 Å². The Bertz CT molecular complexity index is 246. The van der Waals surface area contributed by atoms with E-state index in [-0.39, 0.29) is 12.8 Å². The molecule has 0 atom stereocenters. The summed E-state index contributed by atoms with van der Waals surface area (Å²) < 4.78 is 41.3. The number of carbonyl (C=O) groups excluding carboxylic acids is 1. The van der Waals surface area contributed by atoms with Crippen LogP contribution in [-0.4, -0.2) is 18.2 Å². The van der Waals surface area contributed by atoms with Crippen molar-refractivity contribution in [3.8, 4) is 0 Å². The first-order valence-electron chi connectivity index (χ1n) is 4.88. The van der Waals surface area contributed by atoms with Crippen LogP contribution in [0, 0.1) is 11.3 Å². The monoisotopic (exact) mass is 224 g/mol. The SMILES string of the molecule is CC(C)(C)C(=O)OC1CC(C(F)(F)F)C1. The van der Waals surface area contributed by atoms with E-state index in [4.69, 9.17) is 4.74 Å². The molecule has 0 aromatic heterocycles. The molecule has 0 N–H and O–H groups in total. The van der Waals surface area contributed by atoms with E-state index in [0.717, 1.165) is 0 Å². The van der Waals surface area contributed by atoms with Crippen molar-refractivity contribution < 1.29 is 22.7 Å². The number of carbonyl (C=O) groups is 1. The number of alkyl halides is 3. The zero-order valence-corrected chi connectivity index (χ0v) is 9.02. The van der Waals surface area contributed by atoms with Gasteiger partial charge in [0.15, 0.2) is 0 Å². The summed E-state index contributed by atoms with van der Waals surface area (Å²) in [5.74, 6) is -1.73. The fourth-order valence-corrected chi connectivity index (χ4v) is 1.26. The molecular formula is C10H15F3O2. The van der Waals surface area contributed by atoms with Crippen LogP contribution < -0.4 is 0 Å². The third-order valence-corrected chi connectivity index (χ3v) is 2.44. The van der Waals surface area contributed by atoms with Crippen molar-refractivity contribution in [2.24, 2.45) is 11.3 Å². The Hall–Kier alpha value is -0.740. The van der Waals surface area contributed by atoms with Crippen LogP contribution in [0.2, 0.25) is 0 Å². The largest absolute Gasteiger partial charge is 0.462 e. The molecule has 0 radical (unpaired) electrons. The number of esters is 1. The molecule has 0 aromatic rings. The average Bonchev–Trinajstić information content (AvgIpc) is 1.90. The Labute approximate surface area is 86.8 Å². The van der Waals surface area contributed by atoms with Crippen LogP contribution in [0.1, 0.15) is 33.6 Å². The molecule has 0 heterocycles. The van der Waals surface area contributed by atoms with Crippen molar-refractivity contribution in [2.45, 2.75) is 45.9 Å². The molecule has 2 nitrogen and oxygen atoms in total. The summed E-state index contributed by atoms with van der Waals surface area (Å²) in [6.07, 6.45) is -4.88. The Kier molecular flexibility index (Phi) is 3.03. The third kappa shape index (κ3) is 3.11. The molecule has 0 bridgehead atoms.